The number of nitrogens with zero attached hydrogens (tertiary/aromatic N) is 1. The van der Waals surface area contributed by atoms with Gasteiger partial charge in [-0.05, 0) is 49.4 Å². The molecular weight excluding hydrogens is 244 g/mol. The van der Waals surface area contributed by atoms with Gasteiger partial charge in [-0.1, -0.05) is 12.2 Å². The van der Waals surface area contributed by atoms with Crippen molar-refractivity contribution in [3.63, 3.8) is 0 Å². The summed E-state index contributed by atoms with van der Waals surface area (Å²) in [6.45, 7) is 4.30. The summed E-state index contributed by atoms with van der Waals surface area (Å²) in [6.07, 6.45) is 2.26. The van der Waals surface area contributed by atoms with Crippen LogP contribution in [-0.2, 0) is 0 Å². The first-order valence-corrected chi connectivity index (χ1v) is 6.79. The van der Waals surface area contributed by atoms with E-state index in [4.69, 9.17) is 18.0 Å². The summed E-state index contributed by atoms with van der Waals surface area (Å²) in [4.78, 5) is 2.78. The highest BCUT2D eigenvalue weighted by Crippen LogP contribution is 2.25. The third-order valence-electron chi connectivity index (χ3n) is 3.62. The van der Waals surface area contributed by atoms with Crippen LogP contribution in [0.25, 0.3) is 0 Å². The molecule has 0 saturated carbocycles. The zero-order chi connectivity index (χ0) is 13.1. The van der Waals surface area contributed by atoms with Crippen molar-refractivity contribution in [2.45, 2.75) is 19.8 Å². The molecule has 0 aliphatic carbocycles. The molecule has 0 aromatic heterocycles. The number of aryl methyl sites for hydroxylation is 1. The number of rotatable bonds is 3. The van der Waals surface area contributed by atoms with Crippen molar-refractivity contribution in [2.24, 2.45) is 11.7 Å². The number of hydrogen-bond acceptors (Lipinski definition) is 3. The zero-order valence-corrected chi connectivity index (χ0v) is 11.5. The summed E-state index contributed by atoms with van der Waals surface area (Å²) in [5, 5.41) is 9.27. The van der Waals surface area contributed by atoms with E-state index in [-0.39, 0.29) is 6.61 Å². The number of hydrogen-bond donors (Lipinski definition) is 2. The van der Waals surface area contributed by atoms with Crippen LogP contribution in [0.4, 0.5) is 5.69 Å². The molecule has 1 unspecified atom stereocenters. The van der Waals surface area contributed by atoms with Crippen molar-refractivity contribution < 1.29 is 5.11 Å². The van der Waals surface area contributed by atoms with Gasteiger partial charge in [0, 0.05) is 30.9 Å². The fraction of sp³-hybridized carbons (Fsp3) is 0.500. The van der Waals surface area contributed by atoms with E-state index in [1.165, 1.54) is 5.69 Å². The second-order valence-electron chi connectivity index (χ2n) is 5.00. The highest BCUT2D eigenvalue weighted by molar-refractivity contribution is 7.80. The van der Waals surface area contributed by atoms with Gasteiger partial charge in [-0.2, -0.15) is 0 Å². The molecule has 3 N–H and O–H groups in total. The SMILES string of the molecule is Cc1cc(N2CCCC(CO)C2)ccc1C(N)=S. The molecule has 1 saturated heterocycles. The van der Waals surface area contributed by atoms with Gasteiger partial charge in [0.1, 0.15) is 4.99 Å². The Morgan fingerprint density at radius 2 is 2.33 bits per heavy atom. The number of aliphatic hydroxyl groups excluding tert-OH is 1. The van der Waals surface area contributed by atoms with Crippen LogP contribution in [0.1, 0.15) is 24.0 Å². The second-order valence-corrected chi connectivity index (χ2v) is 5.44. The Morgan fingerprint density at radius 1 is 1.56 bits per heavy atom. The van der Waals surface area contributed by atoms with Gasteiger partial charge in [0.15, 0.2) is 0 Å². The molecule has 18 heavy (non-hydrogen) atoms. The summed E-state index contributed by atoms with van der Waals surface area (Å²) >= 11 is 5.02. The lowest BCUT2D eigenvalue weighted by molar-refractivity contribution is 0.209. The fourth-order valence-corrected chi connectivity index (χ4v) is 2.80. The first kappa shape index (κ1) is 13.3. The van der Waals surface area contributed by atoms with Crippen molar-refractivity contribution in [3.05, 3.63) is 29.3 Å². The maximum Gasteiger partial charge on any atom is 0.104 e. The Bertz CT molecular complexity index is 447. The Labute approximate surface area is 114 Å². The summed E-state index contributed by atoms with van der Waals surface area (Å²) in [5.41, 5.74) is 8.94. The molecule has 0 amide bonds. The molecule has 1 heterocycles. The van der Waals surface area contributed by atoms with Gasteiger partial charge in [-0.3, -0.25) is 0 Å². The first-order chi connectivity index (χ1) is 8.61. The molecule has 4 heteroatoms. The Morgan fingerprint density at radius 3 is 2.94 bits per heavy atom. The van der Waals surface area contributed by atoms with E-state index in [0.29, 0.717) is 10.9 Å². The minimum Gasteiger partial charge on any atom is -0.396 e. The maximum absolute atomic E-state index is 9.27. The van der Waals surface area contributed by atoms with Crippen molar-refractivity contribution in [3.8, 4) is 0 Å². The molecule has 1 aromatic carbocycles. The third kappa shape index (κ3) is 2.82. The lowest BCUT2D eigenvalue weighted by Gasteiger charge is -2.34. The van der Waals surface area contributed by atoms with E-state index in [0.717, 1.165) is 37.1 Å². The van der Waals surface area contributed by atoms with Crippen LogP contribution in [0.5, 0.6) is 0 Å². The zero-order valence-electron chi connectivity index (χ0n) is 10.7. The van der Waals surface area contributed by atoms with Gasteiger partial charge < -0.3 is 15.7 Å². The highest BCUT2D eigenvalue weighted by Gasteiger charge is 2.19. The van der Waals surface area contributed by atoms with Gasteiger partial charge in [-0.25, -0.2) is 0 Å². The fourth-order valence-electron chi connectivity index (χ4n) is 2.57. The van der Waals surface area contributed by atoms with E-state index in [1.807, 2.05) is 13.0 Å². The van der Waals surface area contributed by atoms with E-state index >= 15 is 0 Å². The van der Waals surface area contributed by atoms with Crippen molar-refractivity contribution >= 4 is 22.9 Å². The number of thiocarbonyl (C=S) groups is 1. The monoisotopic (exact) mass is 264 g/mol. The molecule has 0 spiro atoms. The molecule has 1 aliphatic heterocycles. The molecule has 1 aromatic rings. The van der Waals surface area contributed by atoms with E-state index in [9.17, 15) is 5.11 Å². The maximum atomic E-state index is 9.27. The lowest BCUT2D eigenvalue weighted by Crippen LogP contribution is -2.36. The van der Waals surface area contributed by atoms with Crippen LogP contribution in [0.2, 0.25) is 0 Å². The number of aliphatic hydroxyl groups is 1. The topological polar surface area (TPSA) is 49.5 Å². The molecular formula is C14H20N2OS. The number of anilines is 1. The largest absolute Gasteiger partial charge is 0.396 e. The average molecular weight is 264 g/mol. The highest BCUT2D eigenvalue weighted by atomic mass is 32.1. The van der Waals surface area contributed by atoms with E-state index < -0.39 is 0 Å². The third-order valence-corrected chi connectivity index (χ3v) is 3.84. The van der Waals surface area contributed by atoms with Gasteiger partial charge in [0.25, 0.3) is 0 Å². The van der Waals surface area contributed by atoms with Crippen LogP contribution >= 0.6 is 12.2 Å². The predicted octanol–water partition coefficient (Wildman–Crippen LogP) is 1.84. The standard InChI is InChI=1S/C14H20N2OS/c1-10-7-12(4-5-13(10)14(15)18)16-6-2-3-11(8-16)9-17/h4-5,7,11,17H,2-3,6,8-9H2,1H3,(H2,15,18). The molecule has 2 rings (SSSR count). The van der Waals surface area contributed by atoms with Crippen LogP contribution in [0.3, 0.4) is 0 Å². The van der Waals surface area contributed by atoms with Crippen molar-refractivity contribution in [1.82, 2.24) is 0 Å². The Hall–Kier alpha value is -1.13. The molecule has 1 fully saturated rings. The Balaban J connectivity index is 2.18. The van der Waals surface area contributed by atoms with Crippen molar-refractivity contribution in [1.29, 1.82) is 0 Å². The average Bonchev–Trinajstić information content (AvgIpc) is 2.38. The quantitative estimate of drug-likeness (QED) is 0.818. The van der Waals surface area contributed by atoms with E-state index in [2.05, 4.69) is 17.0 Å². The molecule has 1 atom stereocenters. The molecule has 0 bridgehead atoms. The summed E-state index contributed by atoms with van der Waals surface area (Å²) in [7, 11) is 0. The van der Waals surface area contributed by atoms with Crippen LogP contribution in [0, 0.1) is 12.8 Å². The van der Waals surface area contributed by atoms with Gasteiger partial charge in [-0.15, -0.1) is 0 Å². The second kappa shape index (κ2) is 5.67. The molecule has 1 aliphatic rings. The van der Waals surface area contributed by atoms with Crippen LogP contribution in [0.15, 0.2) is 18.2 Å². The first-order valence-electron chi connectivity index (χ1n) is 6.38. The summed E-state index contributed by atoms with van der Waals surface area (Å²) in [6, 6.07) is 6.20. The molecule has 3 nitrogen and oxygen atoms in total. The van der Waals surface area contributed by atoms with E-state index in [1.54, 1.807) is 0 Å². The van der Waals surface area contributed by atoms with Crippen LogP contribution in [-0.4, -0.2) is 29.8 Å². The molecule has 98 valence electrons. The minimum absolute atomic E-state index is 0.278. The normalized spacial score (nSPS) is 19.9. The summed E-state index contributed by atoms with van der Waals surface area (Å²) in [5.74, 6) is 0.398. The summed E-state index contributed by atoms with van der Waals surface area (Å²) < 4.78 is 0. The minimum atomic E-state index is 0.278. The van der Waals surface area contributed by atoms with Crippen molar-refractivity contribution in [2.75, 3.05) is 24.6 Å². The Kier molecular flexibility index (Phi) is 4.19. The number of piperidine rings is 1. The number of benzene rings is 1. The predicted molar refractivity (Wildman–Crippen MR) is 79.1 cm³/mol. The van der Waals surface area contributed by atoms with Gasteiger partial charge >= 0.3 is 0 Å². The van der Waals surface area contributed by atoms with Crippen LogP contribution < -0.4 is 10.6 Å². The lowest BCUT2D eigenvalue weighted by atomic mass is 9.98. The number of nitrogens with two attached hydrogens (primary N) is 1. The van der Waals surface area contributed by atoms with Gasteiger partial charge in [0.2, 0.25) is 0 Å². The van der Waals surface area contributed by atoms with Gasteiger partial charge in [0.05, 0.1) is 0 Å². The molecule has 0 radical (unpaired) electrons. The smallest absolute Gasteiger partial charge is 0.104 e.